The molecule has 2 N–H and O–H groups in total. The molecular formula is C8H6N2O6. The molecule has 0 unspecified atom stereocenters. The van der Waals surface area contributed by atoms with E-state index in [-0.39, 0.29) is 0 Å². The van der Waals surface area contributed by atoms with Crippen molar-refractivity contribution in [1.29, 1.82) is 0 Å². The Balaban J connectivity index is 3.35. The van der Waals surface area contributed by atoms with Crippen molar-refractivity contribution in [3.63, 3.8) is 0 Å². The van der Waals surface area contributed by atoms with Crippen molar-refractivity contribution in [2.45, 2.75) is 5.92 Å². The maximum absolute atomic E-state index is 10.7. The third-order valence-electron chi connectivity index (χ3n) is 1.83. The molecule has 0 aliphatic rings. The van der Waals surface area contributed by atoms with Gasteiger partial charge in [0.25, 0.3) is 5.69 Å². The van der Waals surface area contributed by atoms with E-state index in [2.05, 4.69) is 4.98 Å². The monoisotopic (exact) mass is 226 g/mol. The van der Waals surface area contributed by atoms with Crippen molar-refractivity contribution in [3.8, 4) is 0 Å². The van der Waals surface area contributed by atoms with Crippen LogP contribution < -0.4 is 0 Å². The molecule has 0 aliphatic heterocycles. The topological polar surface area (TPSA) is 131 Å². The maximum Gasteiger partial charge on any atom is 0.322 e. The molecule has 0 bridgehead atoms. The average molecular weight is 226 g/mol. The van der Waals surface area contributed by atoms with Crippen molar-refractivity contribution in [2.75, 3.05) is 0 Å². The van der Waals surface area contributed by atoms with Gasteiger partial charge in [0.2, 0.25) is 0 Å². The van der Waals surface area contributed by atoms with Crippen molar-refractivity contribution >= 4 is 17.6 Å². The lowest BCUT2D eigenvalue weighted by molar-refractivity contribution is -0.386. The van der Waals surface area contributed by atoms with Crippen LogP contribution >= 0.6 is 0 Å². The number of carboxylic acids is 2. The molecule has 1 heterocycles. The van der Waals surface area contributed by atoms with E-state index in [9.17, 15) is 19.7 Å². The van der Waals surface area contributed by atoms with Crippen LogP contribution in [-0.2, 0) is 9.59 Å². The Kier molecular flexibility index (Phi) is 3.14. The van der Waals surface area contributed by atoms with Crippen molar-refractivity contribution in [2.24, 2.45) is 0 Å². The quantitative estimate of drug-likeness (QED) is 0.427. The zero-order chi connectivity index (χ0) is 12.3. The highest BCUT2D eigenvalue weighted by Crippen LogP contribution is 2.25. The molecule has 0 radical (unpaired) electrons. The highest BCUT2D eigenvalue weighted by Gasteiger charge is 2.33. The molecule has 0 aliphatic carbocycles. The number of carboxylic acid groups (broad SMARTS) is 2. The standard InChI is InChI=1S/C8H6N2O6/c11-7(12)6(8(13)14)4-1-2-9-3-5(4)10(15)16/h1-3,6H,(H,11,12)(H,13,14). The summed E-state index contributed by atoms with van der Waals surface area (Å²) in [4.78, 5) is 34.5. The number of aromatic nitrogens is 1. The van der Waals surface area contributed by atoms with Crippen LogP contribution in [0.1, 0.15) is 11.5 Å². The maximum atomic E-state index is 10.7. The minimum Gasteiger partial charge on any atom is -0.480 e. The normalized spacial score (nSPS) is 10.1. The largest absolute Gasteiger partial charge is 0.480 e. The van der Waals surface area contributed by atoms with Gasteiger partial charge in [0.15, 0.2) is 5.92 Å². The molecule has 0 fully saturated rings. The summed E-state index contributed by atoms with van der Waals surface area (Å²) >= 11 is 0. The Labute approximate surface area is 88.3 Å². The fourth-order valence-corrected chi connectivity index (χ4v) is 1.17. The Morgan fingerprint density at radius 2 is 1.94 bits per heavy atom. The van der Waals surface area contributed by atoms with E-state index < -0.39 is 34.0 Å². The van der Waals surface area contributed by atoms with Gasteiger partial charge >= 0.3 is 11.9 Å². The second-order valence-electron chi connectivity index (χ2n) is 2.80. The summed E-state index contributed by atoms with van der Waals surface area (Å²) in [5.41, 5.74) is -1.03. The van der Waals surface area contributed by atoms with Crippen LogP contribution in [0.2, 0.25) is 0 Å². The van der Waals surface area contributed by atoms with E-state index in [0.717, 1.165) is 18.5 Å². The lowest BCUT2D eigenvalue weighted by Crippen LogP contribution is -2.22. The fourth-order valence-electron chi connectivity index (χ4n) is 1.17. The zero-order valence-corrected chi connectivity index (χ0v) is 7.73. The van der Waals surface area contributed by atoms with Crippen LogP contribution in [0.5, 0.6) is 0 Å². The number of nitrogens with zero attached hydrogens (tertiary/aromatic N) is 2. The molecule has 0 amide bonds. The summed E-state index contributed by atoms with van der Waals surface area (Å²) in [5, 5.41) is 27.9. The average Bonchev–Trinajstić information content (AvgIpc) is 2.17. The molecule has 1 aromatic rings. The van der Waals surface area contributed by atoms with Gasteiger partial charge in [-0.2, -0.15) is 0 Å². The van der Waals surface area contributed by atoms with Crippen LogP contribution in [-0.4, -0.2) is 32.1 Å². The van der Waals surface area contributed by atoms with Crippen LogP contribution in [0.25, 0.3) is 0 Å². The molecule has 8 heteroatoms. The first-order valence-electron chi connectivity index (χ1n) is 3.99. The molecule has 1 aromatic heterocycles. The number of hydrogen-bond donors (Lipinski definition) is 2. The number of carbonyl (C=O) groups is 2. The summed E-state index contributed by atoms with van der Waals surface area (Å²) in [6.45, 7) is 0. The minimum absolute atomic E-state index is 0.403. The summed E-state index contributed by atoms with van der Waals surface area (Å²) in [5.74, 6) is -5.30. The SMILES string of the molecule is O=C(O)C(C(=O)O)c1ccncc1[N+](=O)[O-]. The number of pyridine rings is 1. The summed E-state index contributed by atoms with van der Waals surface area (Å²) in [7, 11) is 0. The van der Waals surface area contributed by atoms with Gasteiger partial charge in [-0.25, -0.2) is 0 Å². The molecule has 0 saturated carbocycles. The van der Waals surface area contributed by atoms with E-state index in [4.69, 9.17) is 10.2 Å². The van der Waals surface area contributed by atoms with E-state index >= 15 is 0 Å². The molecule has 16 heavy (non-hydrogen) atoms. The number of hydrogen-bond acceptors (Lipinski definition) is 5. The summed E-state index contributed by atoms with van der Waals surface area (Å²) < 4.78 is 0. The van der Waals surface area contributed by atoms with Crippen LogP contribution in [0, 0.1) is 10.1 Å². The van der Waals surface area contributed by atoms with Crippen LogP contribution in [0.3, 0.4) is 0 Å². The first-order valence-corrected chi connectivity index (χ1v) is 3.99. The van der Waals surface area contributed by atoms with Gasteiger partial charge in [-0.15, -0.1) is 0 Å². The molecule has 8 nitrogen and oxygen atoms in total. The number of aliphatic carboxylic acids is 2. The third kappa shape index (κ3) is 2.11. The highest BCUT2D eigenvalue weighted by molar-refractivity contribution is 5.99. The van der Waals surface area contributed by atoms with Crippen LogP contribution in [0.15, 0.2) is 18.5 Å². The molecule has 0 aromatic carbocycles. The van der Waals surface area contributed by atoms with Gasteiger partial charge < -0.3 is 10.2 Å². The van der Waals surface area contributed by atoms with Gasteiger partial charge in [0.05, 0.1) is 10.5 Å². The second kappa shape index (κ2) is 4.34. The Bertz CT molecular complexity index is 444. The zero-order valence-electron chi connectivity index (χ0n) is 7.73. The lowest BCUT2D eigenvalue weighted by Gasteiger charge is -2.07. The Hall–Kier alpha value is -2.51. The number of nitro groups is 1. The predicted molar refractivity (Wildman–Crippen MR) is 48.9 cm³/mol. The predicted octanol–water partition coefficient (Wildman–Crippen LogP) is 0.243. The molecule has 0 saturated heterocycles. The van der Waals surface area contributed by atoms with Gasteiger partial charge in [0.1, 0.15) is 6.20 Å². The lowest BCUT2D eigenvalue weighted by atomic mass is 9.99. The van der Waals surface area contributed by atoms with Crippen molar-refractivity contribution in [3.05, 3.63) is 34.1 Å². The highest BCUT2D eigenvalue weighted by atomic mass is 16.6. The first kappa shape index (κ1) is 11.6. The van der Waals surface area contributed by atoms with Gasteiger partial charge in [0, 0.05) is 6.20 Å². The van der Waals surface area contributed by atoms with Gasteiger partial charge in [-0.3, -0.25) is 24.7 Å². The molecule has 1 rings (SSSR count). The van der Waals surface area contributed by atoms with Gasteiger partial charge in [-0.1, -0.05) is 0 Å². The molecule has 84 valence electrons. The minimum atomic E-state index is -1.97. The third-order valence-corrected chi connectivity index (χ3v) is 1.83. The van der Waals surface area contributed by atoms with Gasteiger partial charge in [-0.05, 0) is 6.07 Å². The van der Waals surface area contributed by atoms with Crippen LogP contribution in [0.4, 0.5) is 5.69 Å². The first-order chi connectivity index (χ1) is 7.45. The van der Waals surface area contributed by atoms with E-state index in [1.54, 1.807) is 0 Å². The Morgan fingerprint density at radius 3 is 2.38 bits per heavy atom. The molecule has 0 spiro atoms. The van der Waals surface area contributed by atoms with Crippen molar-refractivity contribution in [1.82, 2.24) is 4.98 Å². The summed E-state index contributed by atoms with van der Waals surface area (Å²) in [6, 6.07) is 1.00. The molecular weight excluding hydrogens is 220 g/mol. The fraction of sp³-hybridized carbons (Fsp3) is 0.125. The van der Waals surface area contributed by atoms with E-state index in [1.807, 2.05) is 0 Å². The second-order valence-corrected chi connectivity index (χ2v) is 2.80. The Morgan fingerprint density at radius 1 is 1.38 bits per heavy atom. The van der Waals surface area contributed by atoms with Crippen molar-refractivity contribution < 1.29 is 24.7 Å². The smallest absolute Gasteiger partial charge is 0.322 e. The van der Waals surface area contributed by atoms with E-state index in [0.29, 0.717) is 0 Å². The molecule has 0 atom stereocenters. The summed E-state index contributed by atoms with van der Waals surface area (Å²) in [6.07, 6.45) is 1.91. The number of rotatable bonds is 4. The van der Waals surface area contributed by atoms with E-state index in [1.165, 1.54) is 0 Å².